The highest BCUT2D eigenvalue weighted by Crippen LogP contribution is 2.21. The van der Waals surface area contributed by atoms with Crippen LogP contribution in [0.25, 0.3) is 0 Å². The number of anilines is 1. The SMILES string of the molecule is CCCOc1ccnc(NCCN(C)C2CCCC2)n1. The van der Waals surface area contributed by atoms with Crippen LogP contribution in [0.1, 0.15) is 39.0 Å². The lowest BCUT2D eigenvalue weighted by molar-refractivity contribution is 0.254. The molecule has 0 saturated heterocycles. The minimum absolute atomic E-state index is 0.647. The van der Waals surface area contributed by atoms with Crippen LogP contribution in [-0.2, 0) is 0 Å². The van der Waals surface area contributed by atoms with Gasteiger partial charge >= 0.3 is 0 Å². The maximum absolute atomic E-state index is 5.50. The summed E-state index contributed by atoms with van der Waals surface area (Å²) in [6.07, 6.45) is 8.16. The van der Waals surface area contributed by atoms with E-state index in [0.29, 0.717) is 18.4 Å². The molecule has 0 spiro atoms. The van der Waals surface area contributed by atoms with Gasteiger partial charge in [-0.15, -0.1) is 0 Å². The van der Waals surface area contributed by atoms with Gasteiger partial charge in [-0.2, -0.15) is 4.98 Å². The summed E-state index contributed by atoms with van der Waals surface area (Å²) < 4.78 is 5.50. The summed E-state index contributed by atoms with van der Waals surface area (Å²) in [4.78, 5) is 11.0. The van der Waals surface area contributed by atoms with Gasteiger partial charge in [-0.1, -0.05) is 19.8 Å². The smallest absolute Gasteiger partial charge is 0.225 e. The van der Waals surface area contributed by atoms with Gasteiger partial charge < -0.3 is 15.0 Å². The number of hydrogen-bond acceptors (Lipinski definition) is 5. The minimum atomic E-state index is 0.647. The lowest BCUT2D eigenvalue weighted by Gasteiger charge is -2.23. The van der Waals surface area contributed by atoms with Crippen molar-refractivity contribution in [3.8, 4) is 5.88 Å². The number of nitrogens with one attached hydrogen (secondary N) is 1. The molecule has 1 N–H and O–H groups in total. The van der Waals surface area contributed by atoms with E-state index in [2.05, 4.69) is 34.2 Å². The number of hydrogen-bond donors (Lipinski definition) is 1. The van der Waals surface area contributed by atoms with Crippen molar-refractivity contribution in [2.75, 3.05) is 32.1 Å². The van der Waals surface area contributed by atoms with Crippen LogP contribution >= 0.6 is 0 Å². The third-order valence-electron chi connectivity index (χ3n) is 3.78. The van der Waals surface area contributed by atoms with E-state index >= 15 is 0 Å². The maximum atomic E-state index is 5.50. The van der Waals surface area contributed by atoms with E-state index in [4.69, 9.17) is 4.74 Å². The second kappa shape index (κ2) is 8.04. The number of aromatic nitrogens is 2. The molecule has 0 atom stereocenters. The molecule has 0 amide bonds. The second-order valence-corrected chi connectivity index (χ2v) is 5.41. The van der Waals surface area contributed by atoms with Crippen molar-refractivity contribution < 1.29 is 4.74 Å². The number of rotatable bonds is 8. The zero-order chi connectivity index (χ0) is 14.2. The van der Waals surface area contributed by atoms with Crippen molar-refractivity contribution >= 4 is 5.95 Å². The van der Waals surface area contributed by atoms with Crippen LogP contribution in [0.15, 0.2) is 12.3 Å². The summed E-state index contributed by atoms with van der Waals surface area (Å²) in [6.45, 7) is 4.67. The fourth-order valence-electron chi connectivity index (χ4n) is 2.59. The fraction of sp³-hybridized carbons (Fsp3) is 0.733. The predicted molar refractivity (Wildman–Crippen MR) is 81.2 cm³/mol. The second-order valence-electron chi connectivity index (χ2n) is 5.41. The monoisotopic (exact) mass is 278 g/mol. The quantitative estimate of drug-likeness (QED) is 0.792. The van der Waals surface area contributed by atoms with Crippen LogP contribution < -0.4 is 10.1 Å². The van der Waals surface area contributed by atoms with E-state index in [-0.39, 0.29) is 0 Å². The molecular weight excluding hydrogens is 252 g/mol. The van der Waals surface area contributed by atoms with Crippen LogP contribution in [0.3, 0.4) is 0 Å². The zero-order valence-electron chi connectivity index (χ0n) is 12.6. The van der Waals surface area contributed by atoms with Crippen molar-refractivity contribution in [1.82, 2.24) is 14.9 Å². The molecule has 1 aliphatic rings. The van der Waals surface area contributed by atoms with Crippen molar-refractivity contribution in [3.05, 3.63) is 12.3 Å². The Hall–Kier alpha value is -1.36. The maximum Gasteiger partial charge on any atom is 0.225 e. The van der Waals surface area contributed by atoms with E-state index in [0.717, 1.165) is 25.6 Å². The van der Waals surface area contributed by atoms with Crippen LogP contribution in [0.4, 0.5) is 5.95 Å². The first-order chi connectivity index (χ1) is 9.79. The van der Waals surface area contributed by atoms with Crippen molar-refractivity contribution in [3.63, 3.8) is 0 Å². The fourth-order valence-corrected chi connectivity index (χ4v) is 2.59. The molecular formula is C15H26N4O. The first-order valence-electron chi connectivity index (χ1n) is 7.69. The highest BCUT2D eigenvalue weighted by Gasteiger charge is 2.18. The third kappa shape index (κ3) is 4.63. The Labute approximate surface area is 121 Å². The van der Waals surface area contributed by atoms with Crippen LogP contribution in [-0.4, -0.2) is 47.7 Å². The van der Waals surface area contributed by atoms with Gasteiger partial charge in [0.15, 0.2) is 0 Å². The Morgan fingerprint density at radius 3 is 2.95 bits per heavy atom. The summed E-state index contributed by atoms with van der Waals surface area (Å²) in [6, 6.07) is 2.56. The molecule has 0 unspecified atom stereocenters. The van der Waals surface area contributed by atoms with E-state index < -0.39 is 0 Å². The molecule has 0 bridgehead atoms. The number of likely N-dealkylation sites (N-methyl/N-ethyl adjacent to an activating group) is 1. The topological polar surface area (TPSA) is 50.3 Å². The molecule has 1 heterocycles. The standard InChI is InChI=1S/C15H26N4O/c1-3-12-20-14-8-9-16-15(18-14)17-10-11-19(2)13-6-4-5-7-13/h8-9,13H,3-7,10-12H2,1-2H3,(H,16,17,18). The van der Waals surface area contributed by atoms with Crippen molar-refractivity contribution in [1.29, 1.82) is 0 Å². The molecule has 5 heteroatoms. The van der Waals surface area contributed by atoms with Gasteiger partial charge in [0.1, 0.15) is 0 Å². The normalized spacial score (nSPS) is 15.8. The molecule has 20 heavy (non-hydrogen) atoms. The average molecular weight is 278 g/mol. The van der Waals surface area contributed by atoms with Gasteiger partial charge in [0.05, 0.1) is 6.61 Å². The molecule has 5 nitrogen and oxygen atoms in total. The van der Waals surface area contributed by atoms with E-state index in [9.17, 15) is 0 Å². The van der Waals surface area contributed by atoms with Crippen LogP contribution in [0.2, 0.25) is 0 Å². The molecule has 0 radical (unpaired) electrons. The Balaban J connectivity index is 1.72. The third-order valence-corrected chi connectivity index (χ3v) is 3.78. The van der Waals surface area contributed by atoms with E-state index in [1.54, 1.807) is 12.3 Å². The van der Waals surface area contributed by atoms with Crippen molar-refractivity contribution in [2.45, 2.75) is 45.1 Å². The van der Waals surface area contributed by atoms with Gasteiger partial charge in [0, 0.05) is 31.4 Å². The zero-order valence-corrected chi connectivity index (χ0v) is 12.6. The number of nitrogens with zero attached hydrogens (tertiary/aromatic N) is 3. The van der Waals surface area contributed by atoms with Gasteiger partial charge in [-0.3, -0.25) is 0 Å². The lowest BCUT2D eigenvalue weighted by Crippen LogP contribution is -2.33. The van der Waals surface area contributed by atoms with Crippen LogP contribution in [0.5, 0.6) is 5.88 Å². The molecule has 1 saturated carbocycles. The van der Waals surface area contributed by atoms with Gasteiger partial charge in [0.25, 0.3) is 0 Å². The van der Waals surface area contributed by atoms with Gasteiger partial charge in [-0.05, 0) is 26.3 Å². The first-order valence-corrected chi connectivity index (χ1v) is 7.69. The molecule has 112 valence electrons. The van der Waals surface area contributed by atoms with E-state index in [1.165, 1.54) is 25.7 Å². The Kier molecular flexibility index (Phi) is 6.05. The van der Waals surface area contributed by atoms with Gasteiger partial charge in [0.2, 0.25) is 11.8 Å². The summed E-state index contributed by atoms with van der Waals surface area (Å²) >= 11 is 0. The average Bonchev–Trinajstić information content (AvgIpc) is 3.00. The van der Waals surface area contributed by atoms with Crippen molar-refractivity contribution in [2.24, 2.45) is 0 Å². The molecule has 1 fully saturated rings. The molecule has 1 aromatic heterocycles. The minimum Gasteiger partial charge on any atom is -0.478 e. The highest BCUT2D eigenvalue weighted by atomic mass is 16.5. The molecule has 0 aromatic carbocycles. The summed E-state index contributed by atoms with van der Waals surface area (Å²) in [5.74, 6) is 1.30. The Morgan fingerprint density at radius 1 is 1.40 bits per heavy atom. The Bertz CT molecular complexity index is 393. The first kappa shape index (κ1) is 15.0. The predicted octanol–water partition coefficient (Wildman–Crippen LogP) is 2.55. The summed E-state index contributed by atoms with van der Waals surface area (Å²) in [5, 5.41) is 3.27. The van der Waals surface area contributed by atoms with Crippen LogP contribution in [0, 0.1) is 0 Å². The van der Waals surface area contributed by atoms with Gasteiger partial charge in [-0.25, -0.2) is 4.98 Å². The highest BCUT2D eigenvalue weighted by molar-refractivity contribution is 5.27. The largest absolute Gasteiger partial charge is 0.478 e. The lowest BCUT2D eigenvalue weighted by atomic mass is 10.2. The Morgan fingerprint density at radius 2 is 2.20 bits per heavy atom. The summed E-state index contributed by atoms with van der Waals surface area (Å²) in [7, 11) is 2.21. The molecule has 1 aliphatic carbocycles. The molecule has 0 aliphatic heterocycles. The molecule has 2 rings (SSSR count). The summed E-state index contributed by atoms with van der Waals surface area (Å²) in [5.41, 5.74) is 0. The number of ether oxygens (including phenoxy) is 1. The molecule has 1 aromatic rings. The van der Waals surface area contributed by atoms with E-state index in [1.807, 2.05) is 0 Å².